The number of carbonyl (C=O) groups excluding carboxylic acids is 2. The van der Waals surface area contributed by atoms with E-state index in [1.165, 1.54) is 5.69 Å². The fourth-order valence-corrected chi connectivity index (χ4v) is 5.30. The molecule has 0 spiro atoms. The summed E-state index contributed by atoms with van der Waals surface area (Å²) in [4.78, 5) is 31.1. The molecule has 1 aliphatic carbocycles. The van der Waals surface area contributed by atoms with E-state index < -0.39 is 0 Å². The van der Waals surface area contributed by atoms with Crippen LogP contribution in [0.3, 0.4) is 0 Å². The minimum absolute atomic E-state index is 0.0707. The highest BCUT2D eigenvalue weighted by Crippen LogP contribution is 2.48. The molecule has 1 heterocycles. The molecule has 1 atom stereocenters. The molecule has 4 heteroatoms. The van der Waals surface area contributed by atoms with Crippen molar-refractivity contribution in [1.82, 2.24) is 0 Å². The Kier molecular flexibility index (Phi) is 5.98. The molecule has 4 nitrogen and oxygen atoms in total. The molecule has 2 aliphatic rings. The zero-order chi connectivity index (χ0) is 23.0. The van der Waals surface area contributed by atoms with E-state index in [0.29, 0.717) is 12.8 Å². The van der Waals surface area contributed by atoms with E-state index in [9.17, 15) is 9.59 Å². The summed E-state index contributed by atoms with van der Waals surface area (Å²) in [6, 6.07) is 16.4. The lowest BCUT2D eigenvalue weighted by atomic mass is 9.69. The van der Waals surface area contributed by atoms with Gasteiger partial charge in [-0.1, -0.05) is 44.2 Å². The fraction of sp³-hybridized carbons (Fsp3) is 0.429. The molecule has 0 fully saturated rings. The van der Waals surface area contributed by atoms with Crippen molar-refractivity contribution in [2.24, 2.45) is 5.41 Å². The van der Waals surface area contributed by atoms with Crippen LogP contribution in [0, 0.1) is 12.3 Å². The highest BCUT2D eigenvalue weighted by Gasteiger charge is 2.44. The molecule has 2 aromatic carbocycles. The van der Waals surface area contributed by atoms with Crippen molar-refractivity contribution in [3.8, 4) is 0 Å². The zero-order valence-corrected chi connectivity index (χ0v) is 19.9. The van der Waals surface area contributed by atoms with Gasteiger partial charge in [0.05, 0.1) is 5.69 Å². The van der Waals surface area contributed by atoms with Crippen LogP contribution >= 0.6 is 0 Å². The Balaban J connectivity index is 1.82. The average Bonchev–Trinajstić information content (AvgIpc) is 2.74. The van der Waals surface area contributed by atoms with Crippen LogP contribution < -0.4 is 9.80 Å². The number of rotatable bonds is 5. The average molecular weight is 431 g/mol. The van der Waals surface area contributed by atoms with Crippen LogP contribution in [0.4, 0.5) is 11.4 Å². The SMILES string of the molecule is CCN(CC)c1ccc(C2CC(=O)N(c3ccccc3C)C3=C2C(=O)CC(C)(C)C3)cc1. The van der Waals surface area contributed by atoms with Gasteiger partial charge in [0.15, 0.2) is 5.78 Å². The summed E-state index contributed by atoms with van der Waals surface area (Å²) in [7, 11) is 0. The molecule has 0 N–H and O–H groups in total. The maximum atomic E-state index is 13.5. The van der Waals surface area contributed by atoms with Gasteiger partial charge in [0.1, 0.15) is 0 Å². The topological polar surface area (TPSA) is 40.6 Å². The second-order valence-electron chi connectivity index (χ2n) is 9.84. The second kappa shape index (κ2) is 8.57. The largest absolute Gasteiger partial charge is 0.372 e. The molecule has 1 amide bonds. The van der Waals surface area contributed by atoms with E-state index in [1.54, 1.807) is 0 Å². The Bertz CT molecular complexity index is 1060. The summed E-state index contributed by atoms with van der Waals surface area (Å²) in [5, 5.41) is 0. The van der Waals surface area contributed by atoms with Crippen molar-refractivity contribution < 1.29 is 9.59 Å². The molecule has 168 valence electrons. The van der Waals surface area contributed by atoms with Crippen LogP contribution in [0.15, 0.2) is 59.8 Å². The normalized spacial score (nSPS) is 20.4. The second-order valence-corrected chi connectivity index (χ2v) is 9.84. The third-order valence-corrected chi connectivity index (χ3v) is 6.92. The number of benzene rings is 2. The number of anilines is 2. The molecule has 0 bridgehead atoms. The van der Waals surface area contributed by atoms with Crippen molar-refractivity contribution >= 4 is 23.1 Å². The van der Waals surface area contributed by atoms with Gasteiger partial charge in [-0.15, -0.1) is 0 Å². The lowest BCUT2D eigenvalue weighted by Gasteiger charge is -2.43. The zero-order valence-electron chi connectivity index (χ0n) is 19.9. The number of nitrogens with zero attached hydrogens (tertiary/aromatic N) is 2. The summed E-state index contributed by atoms with van der Waals surface area (Å²) >= 11 is 0. The number of aryl methyl sites for hydroxylation is 1. The summed E-state index contributed by atoms with van der Waals surface area (Å²) < 4.78 is 0. The summed E-state index contributed by atoms with van der Waals surface area (Å²) in [5.74, 6) is 0.0774. The van der Waals surface area contributed by atoms with Gasteiger partial charge >= 0.3 is 0 Å². The maximum absolute atomic E-state index is 13.5. The smallest absolute Gasteiger partial charge is 0.232 e. The van der Waals surface area contributed by atoms with Crippen molar-refractivity contribution in [3.05, 3.63) is 70.9 Å². The quantitative estimate of drug-likeness (QED) is 0.584. The predicted molar refractivity (Wildman–Crippen MR) is 131 cm³/mol. The van der Waals surface area contributed by atoms with Gasteiger partial charge < -0.3 is 4.90 Å². The number of ketones is 1. The van der Waals surface area contributed by atoms with E-state index in [0.717, 1.165) is 47.6 Å². The summed E-state index contributed by atoms with van der Waals surface area (Å²) in [6.45, 7) is 12.5. The van der Waals surface area contributed by atoms with Gasteiger partial charge in [0.25, 0.3) is 0 Å². The van der Waals surface area contributed by atoms with Crippen molar-refractivity contribution in [2.75, 3.05) is 22.9 Å². The fourth-order valence-electron chi connectivity index (χ4n) is 5.30. The van der Waals surface area contributed by atoms with Crippen molar-refractivity contribution in [2.45, 2.75) is 59.8 Å². The number of Topliss-reactive ketones (excluding diaryl/α,β-unsaturated/α-hetero) is 1. The molecule has 4 rings (SSSR count). The standard InChI is InChI=1S/C28H34N2O2/c1-6-29(7-2)21-14-12-20(13-15-21)22-16-26(32)30(23-11-9-8-10-19(23)3)24-17-28(4,5)18-25(31)27(22)24/h8-15,22H,6-7,16-18H2,1-5H3. The first kappa shape index (κ1) is 22.3. The number of allylic oxidation sites excluding steroid dienone is 2. The number of amides is 1. The molecule has 1 aliphatic heterocycles. The van der Waals surface area contributed by atoms with Gasteiger partial charge in [0, 0.05) is 48.8 Å². The Hall–Kier alpha value is -2.88. The van der Waals surface area contributed by atoms with Crippen LogP contribution in [-0.2, 0) is 9.59 Å². The minimum atomic E-state index is -0.174. The number of hydrogen-bond acceptors (Lipinski definition) is 3. The highest BCUT2D eigenvalue weighted by atomic mass is 16.2. The number of hydrogen-bond donors (Lipinski definition) is 0. The van der Waals surface area contributed by atoms with Gasteiger partial charge in [0.2, 0.25) is 5.91 Å². The molecule has 0 saturated heterocycles. The van der Waals surface area contributed by atoms with Gasteiger partial charge in [-0.3, -0.25) is 14.5 Å². The van der Waals surface area contributed by atoms with E-state index >= 15 is 0 Å². The summed E-state index contributed by atoms with van der Waals surface area (Å²) in [6.07, 6.45) is 1.57. The third-order valence-electron chi connectivity index (χ3n) is 6.92. The molecular weight excluding hydrogens is 396 g/mol. The van der Waals surface area contributed by atoms with Crippen LogP contribution in [0.25, 0.3) is 0 Å². The lowest BCUT2D eigenvalue weighted by molar-refractivity contribution is -0.121. The molecule has 1 unspecified atom stereocenters. The van der Waals surface area contributed by atoms with Gasteiger partial charge in [-0.05, 0) is 61.9 Å². The van der Waals surface area contributed by atoms with E-state index in [1.807, 2.05) is 36.1 Å². The molecular formula is C28H34N2O2. The molecule has 0 radical (unpaired) electrons. The van der Waals surface area contributed by atoms with Gasteiger partial charge in [-0.25, -0.2) is 0 Å². The molecule has 0 aromatic heterocycles. The molecule has 0 saturated carbocycles. The highest BCUT2D eigenvalue weighted by molar-refractivity contribution is 6.08. The van der Waals surface area contributed by atoms with Crippen molar-refractivity contribution in [1.29, 1.82) is 0 Å². The minimum Gasteiger partial charge on any atom is -0.372 e. The first-order chi connectivity index (χ1) is 15.3. The van der Waals surface area contributed by atoms with E-state index in [-0.39, 0.29) is 23.0 Å². The van der Waals surface area contributed by atoms with E-state index in [2.05, 4.69) is 56.9 Å². The third kappa shape index (κ3) is 3.99. The van der Waals surface area contributed by atoms with Crippen LogP contribution in [0.2, 0.25) is 0 Å². The van der Waals surface area contributed by atoms with Crippen LogP contribution in [-0.4, -0.2) is 24.8 Å². The Labute approximate surface area is 191 Å². The maximum Gasteiger partial charge on any atom is 0.232 e. The number of carbonyl (C=O) groups is 2. The predicted octanol–water partition coefficient (Wildman–Crippen LogP) is 6.00. The Morgan fingerprint density at radius 1 is 0.969 bits per heavy atom. The van der Waals surface area contributed by atoms with Crippen LogP contribution in [0.5, 0.6) is 0 Å². The summed E-state index contributed by atoms with van der Waals surface area (Å²) in [5.41, 5.74) is 5.74. The van der Waals surface area contributed by atoms with E-state index in [4.69, 9.17) is 0 Å². The number of para-hydroxylation sites is 1. The monoisotopic (exact) mass is 430 g/mol. The first-order valence-electron chi connectivity index (χ1n) is 11.8. The van der Waals surface area contributed by atoms with Crippen LogP contribution in [0.1, 0.15) is 64.0 Å². The first-order valence-corrected chi connectivity index (χ1v) is 11.8. The van der Waals surface area contributed by atoms with Gasteiger partial charge in [-0.2, -0.15) is 0 Å². The molecule has 2 aromatic rings. The van der Waals surface area contributed by atoms with Crippen molar-refractivity contribution in [3.63, 3.8) is 0 Å². The Morgan fingerprint density at radius 3 is 2.25 bits per heavy atom. The lowest BCUT2D eigenvalue weighted by Crippen LogP contribution is -2.44. The molecule has 32 heavy (non-hydrogen) atoms. The Morgan fingerprint density at radius 2 is 1.62 bits per heavy atom.